The third kappa shape index (κ3) is 4.32. The van der Waals surface area contributed by atoms with Gasteiger partial charge in [-0.3, -0.25) is 0 Å². The third-order valence-electron chi connectivity index (χ3n) is 1.31. The lowest BCUT2D eigenvalue weighted by Gasteiger charge is -1.99. The van der Waals surface area contributed by atoms with Gasteiger partial charge in [-0.15, -0.1) is 0 Å². The van der Waals surface area contributed by atoms with Crippen molar-refractivity contribution in [3.63, 3.8) is 0 Å². The molecule has 0 unspecified atom stereocenters. The molecule has 15 heavy (non-hydrogen) atoms. The predicted octanol–water partition coefficient (Wildman–Crippen LogP) is 0.374. The van der Waals surface area contributed by atoms with Crippen LogP contribution in [0.4, 0.5) is 11.6 Å². The number of aromatic nitrogens is 2. The highest BCUT2D eigenvalue weighted by molar-refractivity contribution is 7.99. The minimum atomic E-state index is -0.983. The summed E-state index contributed by atoms with van der Waals surface area (Å²) in [6, 6.07) is 1.46. The number of rotatable bonds is 4. The van der Waals surface area contributed by atoms with Crippen molar-refractivity contribution in [1.29, 1.82) is 0 Å². The lowest BCUT2D eigenvalue weighted by molar-refractivity contribution is -0.131. The molecule has 0 saturated heterocycles. The number of carbonyl (C=O) groups is 1. The zero-order chi connectivity index (χ0) is 11.3. The van der Waals surface area contributed by atoms with Gasteiger partial charge in [-0.05, 0) is 0 Å². The molecule has 0 atom stereocenters. The first-order chi connectivity index (χ1) is 7.08. The Labute approximate surface area is 90.4 Å². The van der Waals surface area contributed by atoms with Crippen LogP contribution in [0, 0.1) is 0 Å². The third-order valence-corrected chi connectivity index (χ3v) is 2.11. The molecule has 1 rings (SSSR count). The molecular formula is C8H10N4O2S. The Morgan fingerprint density at radius 3 is 2.60 bits per heavy atom. The Hall–Kier alpha value is -1.76. The van der Waals surface area contributed by atoms with Crippen molar-refractivity contribution >= 4 is 29.4 Å². The van der Waals surface area contributed by atoms with Gasteiger partial charge in [-0.25, -0.2) is 14.8 Å². The first-order valence-corrected chi connectivity index (χ1v) is 4.99. The number of anilines is 2. The lowest BCUT2D eigenvalue weighted by atomic mass is 10.5. The van der Waals surface area contributed by atoms with Crippen LogP contribution in [0.25, 0.3) is 0 Å². The van der Waals surface area contributed by atoms with E-state index in [1.807, 2.05) is 0 Å². The van der Waals surface area contributed by atoms with E-state index in [1.165, 1.54) is 23.9 Å². The van der Waals surface area contributed by atoms with Crippen LogP contribution in [0.1, 0.15) is 0 Å². The van der Waals surface area contributed by atoms with Crippen LogP contribution < -0.4 is 11.5 Å². The maximum atomic E-state index is 10.2. The number of nitrogens with two attached hydrogens (primary N) is 2. The molecule has 1 aromatic rings. The first kappa shape index (κ1) is 11.3. The quantitative estimate of drug-likeness (QED) is 0.386. The van der Waals surface area contributed by atoms with Crippen LogP contribution in [0.2, 0.25) is 0 Å². The first-order valence-electron chi connectivity index (χ1n) is 4.00. The smallest absolute Gasteiger partial charge is 0.328 e. The molecule has 0 aliphatic rings. The summed E-state index contributed by atoms with van der Waals surface area (Å²) in [5.74, 6) is 0.0675. The van der Waals surface area contributed by atoms with Crippen LogP contribution in [-0.2, 0) is 4.79 Å². The Balaban J connectivity index is 2.54. The van der Waals surface area contributed by atoms with Gasteiger partial charge >= 0.3 is 5.97 Å². The molecule has 7 heteroatoms. The normalized spacial score (nSPS) is 10.7. The van der Waals surface area contributed by atoms with Crippen molar-refractivity contribution in [3.8, 4) is 0 Å². The van der Waals surface area contributed by atoms with Crippen LogP contribution in [0.5, 0.6) is 0 Å². The largest absolute Gasteiger partial charge is 0.478 e. The summed E-state index contributed by atoms with van der Waals surface area (Å²) < 4.78 is 0. The molecule has 80 valence electrons. The molecule has 1 heterocycles. The van der Waals surface area contributed by atoms with Gasteiger partial charge in [0.2, 0.25) is 0 Å². The topological polar surface area (TPSA) is 115 Å². The highest BCUT2D eigenvalue weighted by Crippen LogP contribution is 2.15. The summed E-state index contributed by atoms with van der Waals surface area (Å²) in [5.41, 5.74) is 10.9. The molecule has 0 spiro atoms. The number of hydrogen-bond acceptors (Lipinski definition) is 6. The van der Waals surface area contributed by atoms with Crippen LogP contribution in [0.3, 0.4) is 0 Å². The predicted molar refractivity (Wildman–Crippen MR) is 58.4 cm³/mol. The Kier molecular flexibility index (Phi) is 3.92. The number of hydrogen-bond donors (Lipinski definition) is 3. The van der Waals surface area contributed by atoms with Crippen molar-refractivity contribution < 1.29 is 9.90 Å². The number of aliphatic carboxylic acids is 1. The molecule has 0 radical (unpaired) electrons. The number of nitrogen functional groups attached to an aromatic ring is 2. The van der Waals surface area contributed by atoms with E-state index in [4.69, 9.17) is 16.6 Å². The number of carboxylic acids is 1. The number of thioether (sulfide) groups is 1. The second kappa shape index (κ2) is 5.20. The van der Waals surface area contributed by atoms with Crippen molar-refractivity contribution in [2.24, 2.45) is 0 Å². The zero-order valence-corrected chi connectivity index (χ0v) is 8.57. The van der Waals surface area contributed by atoms with Crippen molar-refractivity contribution in [2.45, 2.75) is 5.16 Å². The second-order valence-electron chi connectivity index (χ2n) is 2.55. The Bertz CT molecular complexity index is 374. The van der Waals surface area contributed by atoms with Crippen molar-refractivity contribution in [1.82, 2.24) is 9.97 Å². The maximum Gasteiger partial charge on any atom is 0.328 e. The molecule has 0 aromatic carbocycles. The molecule has 0 bridgehead atoms. The Morgan fingerprint density at radius 2 is 2.07 bits per heavy atom. The summed E-state index contributed by atoms with van der Waals surface area (Å²) in [5, 5.41) is 8.76. The maximum absolute atomic E-state index is 10.2. The summed E-state index contributed by atoms with van der Waals surface area (Å²) >= 11 is 1.26. The summed E-state index contributed by atoms with van der Waals surface area (Å²) in [6.07, 6.45) is 2.55. The van der Waals surface area contributed by atoms with Gasteiger partial charge in [0.05, 0.1) is 0 Å². The molecule has 0 saturated carbocycles. The molecular weight excluding hydrogens is 216 g/mol. The molecule has 6 nitrogen and oxygen atoms in total. The van der Waals surface area contributed by atoms with E-state index in [1.54, 1.807) is 0 Å². The molecule has 0 fully saturated rings. The molecule has 5 N–H and O–H groups in total. The fraction of sp³-hybridized carbons (Fsp3) is 0.125. The Morgan fingerprint density at radius 1 is 1.47 bits per heavy atom. The van der Waals surface area contributed by atoms with E-state index in [9.17, 15) is 4.79 Å². The molecule has 0 aliphatic carbocycles. The van der Waals surface area contributed by atoms with E-state index >= 15 is 0 Å². The van der Waals surface area contributed by atoms with Gasteiger partial charge in [0, 0.05) is 17.9 Å². The monoisotopic (exact) mass is 226 g/mol. The van der Waals surface area contributed by atoms with Gasteiger partial charge in [0.25, 0.3) is 0 Å². The molecule has 1 aromatic heterocycles. The van der Waals surface area contributed by atoms with E-state index in [0.717, 1.165) is 6.08 Å². The zero-order valence-electron chi connectivity index (χ0n) is 7.75. The summed E-state index contributed by atoms with van der Waals surface area (Å²) in [7, 11) is 0. The van der Waals surface area contributed by atoms with E-state index in [-0.39, 0.29) is 0 Å². The summed E-state index contributed by atoms with van der Waals surface area (Å²) in [4.78, 5) is 18.0. The highest BCUT2D eigenvalue weighted by atomic mass is 32.2. The fourth-order valence-corrected chi connectivity index (χ4v) is 1.48. The van der Waals surface area contributed by atoms with Crippen LogP contribution in [-0.4, -0.2) is 26.8 Å². The van der Waals surface area contributed by atoms with E-state index < -0.39 is 5.97 Å². The van der Waals surface area contributed by atoms with Crippen LogP contribution >= 0.6 is 11.8 Å². The standard InChI is InChI=1S/C8H10N4O2S/c9-5-4-6(10)12-8(11-5)15-3-1-2-7(13)14/h1-2,4H,3H2,(H,13,14)(H4,9,10,11,12). The van der Waals surface area contributed by atoms with Gasteiger partial charge in [0.1, 0.15) is 11.6 Å². The van der Waals surface area contributed by atoms with Crippen LogP contribution in [0.15, 0.2) is 23.4 Å². The fourth-order valence-electron chi connectivity index (χ4n) is 0.798. The van der Waals surface area contributed by atoms with Gasteiger partial charge < -0.3 is 16.6 Å². The highest BCUT2D eigenvalue weighted by Gasteiger charge is 1.99. The average molecular weight is 226 g/mol. The van der Waals surface area contributed by atoms with Gasteiger partial charge in [0.15, 0.2) is 5.16 Å². The number of nitrogens with zero attached hydrogens (tertiary/aromatic N) is 2. The summed E-state index contributed by atoms with van der Waals surface area (Å²) in [6.45, 7) is 0. The minimum Gasteiger partial charge on any atom is -0.478 e. The molecule has 0 aliphatic heterocycles. The SMILES string of the molecule is Nc1cc(N)nc(SCC=CC(=O)O)n1. The van der Waals surface area contributed by atoms with Gasteiger partial charge in [-0.2, -0.15) is 0 Å². The minimum absolute atomic E-state index is 0.298. The number of carboxylic acid groups (broad SMARTS) is 1. The molecule has 0 amide bonds. The van der Waals surface area contributed by atoms with Crippen molar-refractivity contribution in [2.75, 3.05) is 17.2 Å². The lowest BCUT2D eigenvalue weighted by Crippen LogP contribution is -1.99. The van der Waals surface area contributed by atoms with E-state index in [2.05, 4.69) is 9.97 Å². The van der Waals surface area contributed by atoms with Gasteiger partial charge in [-0.1, -0.05) is 17.8 Å². The van der Waals surface area contributed by atoms with E-state index in [0.29, 0.717) is 22.5 Å². The van der Waals surface area contributed by atoms with Crippen molar-refractivity contribution in [3.05, 3.63) is 18.2 Å². The average Bonchev–Trinajstić information content (AvgIpc) is 2.10. The second-order valence-corrected chi connectivity index (χ2v) is 3.54.